The normalized spacial score (nSPS) is 16.8. The van der Waals surface area contributed by atoms with E-state index in [0.29, 0.717) is 5.92 Å². The van der Waals surface area contributed by atoms with Crippen molar-refractivity contribution in [2.24, 2.45) is 0 Å². The Hall–Kier alpha value is -1.39. The van der Waals surface area contributed by atoms with Crippen molar-refractivity contribution in [1.29, 1.82) is 0 Å². The molecule has 1 aromatic heterocycles. The fourth-order valence-corrected chi connectivity index (χ4v) is 3.91. The first-order valence-electron chi connectivity index (χ1n) is 7.74. The molecule has 0 spiro atoms. The first-order valence-corrected chi connectivity index (χ1v) is 8.56. The average molecular weight is 302 g/mol. The summed E-state index contributed by atoms with van der Waals surface area (Å²) in [7, 11) is 0. The number of ether oxygens (including phenoxy) is 1. The van der Waals surface area contributed by atoms with Gasteiger partial charge in [-0.05, 0) is 19.0 Å². The van der Waals surface area contributed by atoms with Gasteiger partial charge < -0.3 is 10.1 Å². The second kappa shape index (κ2) is 6.58. The number of hydrogen-bond acceptors (Lipinski definition) is 4. The zero-order valence-electron chi connectivity index (χ0n) is 12.7. The molecule has 0 bridgehead atoms. The van der Waals surface area contributed by atoms with E-state index < -0.39 is 0 Å². The van der Waals surface area contributed by atoms with Crippen LogP contribution in [0.5, 0.6) is 5.75 Å². The number of benzene rings is 1. The number of nitrogens with zero attached hydrogens (tertiary/aromatic N) is 1. The van der Waals surface area contributed by atoms with E-state index in [2.05, 4.69) is 37.4 Å². The van der Waals surface area contributed by atoms with E-state index in [1.165, 1.54) is 21.1 Å². The smallest absolute Gasteiger partial charge is 0.123 e. The van der Waals surface area contributed by atoms with Crippen LogP contribution < -0.4 is 10.1 Å². The molecule has 2 aromatic rings. The van der Waals surface area contributed by atoms with Gasteiger partial charge in [-0.1, -0.05) is 38.5 Å². The largest absolute Gasteiger partial charge is 0.492 e. The van der Waals surface area contributed by atoms with Crippen LogP contribution in [0.25, 0.3) is 0 Å². The minimum absolute atomic E-state index is 0.303. The summed E-state index contributed by atoms with van der Waals surface area (Å²) < 4.78 is 5.81. The van der Waals surface area contributed by atoms with E-state index in [0.717, 1.165) is 38.3 Å². The van der Waals surface area contributed by atoms with Crippen LogP contribution in [0.3, 0.4) is 0 Å². The van der Waals surface area contributed by atoms with Gasteiger partial charge in [0.15, 0.2) is 0 Å². The molecule has 21 heavy (non-hydrogen) atoms. The highest BCUT2D eigenvalue weighted by atomic mass is 32.1. The van der Waals surface area contributed by atoms with Crippen molar-refractivity contribution in [3.05, 3.63) is 45.4 Å². The molecule has 2 heterocycles. The van der Waals surface area contributed by atoms with Crippen molar-refractivity contribution in [3.8, 4) is 5.75 Å². The van der Waals surface area contributed by atoms with E-state index in [1.54, 1.807) is 0 Å². The highest BCUT2D eigenvalue weighted by molar-refractivity contribution is 7.11. The summed E-state index contributed by atoms with van der Waals surface area (Å²) in [6.45, 7) is 7.00. The lowest BCUT2D eigenvalue weighted by Gasteiger charge is -2.03. The molecule has 1 unspecified atom stereocenters. The van der Waals surface area contributed by atoms with Gasteiger partial charge in [-0.3, -0.25) is 0 Å². The molecule has 1 N–H and O–H groups in total. The number of aryl methyl sites for hydroxylation is 1. The molecule has 1 aliphatic heterocycles. The van der Waals surface area contributed by atoms with Gasteiger partial charge in [-0.15, -0.1) is 11.3 Å². The number of rotatable bonds is 6. The summed E-state index contributed by atoms with van der Waals surface area (Å²) >= 11 is 1.85. The fraction of sp³-hybridized carbons (Fsp3) is 0.471. The molecule has 0 amide bonds. The minimum atomic E-state index is 0.303. The van der Waals surface area contributed by atoms with Crippen molar-refractivity contribution in [3.63, 3.8) is 0 Å². The maximum absolute atomic E-state index is 5.81. The lowest BCUT2D eigenvalue weighted by Crippen LogP contribution is -2.11. The number of nitrogens with one attached hydrogen (secondary N) is 1. The van der Waals surface area contributed by atoms with Gasteiger partial charge in [-0.25, -0.2) is 4.98 Å². The highest BCUT2D eigenvalue weighted by Gasteiger charge is 2.28. The second-order valence-corrected chi connectivity index (χ2v) is 6.47. The summed E-state index contributed by atoms with van der Waals surface area (Å²) in [5.41, 5.74) is 2.55. The predicted octanol–water partition coefficient (Wildman–Crippen LogP) is 3.73. The summed E-state index contributed by atoms with van der Waals surface area (Å²) in [6.07, 6.45) is 2.20. The van der Waals surface area contributed by atoms with Crippen molar-refractivity contribution in [2.75, 3.05) is 13.2 Å². The molecule has 0 aliphatic carbocycles. The third-order valence-corrected chi connectivity index (χ3v) is 5.03. The van der Waals surface area contributed by atoms with Crippen LogP contribution in [-0.4, -0.2) is 18.1 Å². The topological polar surface area (TPSA) is 34.1 Å². The lowest BCUT2D eigenvalue weighted by molar-refractivity contribution is 0.343. The highest BCUT2D eigenvalue weighted by Crippen LogP contribution is 2.40. The van der Waals surface area contributed by atoms with Crippen LogP contribution in [0.1, 0.15) is 47.3 Å². The van der Waals surface area contributed by atoms with Crippen LogP contribution in [-0.2, 0) is 13.0 Å². The van der Waals surface area contributed by atoms with Gasteiger partial charge in [0.25, 0.3) is 0 Å². The van der Waals surface area contributed by atoms with Gasteiger partial charge in [-0.2, -0.15) is 0 Å². The Kier molecular flexibility index (Phi) is 4.56. The van der Waals surface area contributed by atoms with Crippen molar-refractivity contribution in [1.82, 2.24) is 10.3 Å². The first kappa shape index (κ1) is 14.5. The van der Waals surface area contributed by atoms with Crippen LogP contribution in [0.4, 0.5) is 0 Å². The molecule has 0 radical (unpaired) electrons. The van der Waals surface area contributed by atoms with Crippen molar-refractivity contribution in [2.45, 2.75) is 39.2 Å². The van der Waals surface area contributed by atoms with Crippen LogP contribution in [0.15, 0.2) is 24.3 Å². The Labute approximate surface area is 130 Å². The number of fused-ring (bicyclic) bond motifs is 1. The Balaban J connectivity index is 1.89. The van der Waals surface area contributed by atoms with Crippen LogP contribution in [0.2, 0.25) is 0 Å². The van der Waals surface area contributed by atoms with Gasteiger partial charge in [0.2, 0.25) is 0 Å². The third-order valence-electron chi connectivity index (χ3n) is 3.82. The van der Waals surface area contributed by atoms with Crippen molar-refractivity contribution >= 4 is 11.3 Å². The average Bonchev–Trinajstić information content (AvgIpc) is 3.09. The molecule has 0 saturated carbocycles. The van der Waals surface area contributed by atoms with Crippen LogP contribution >= 0.6 is 11.3 Å². The molecule has 3 nitrogen and oxygen atoms in total. The molecular formula is C17H22N2OS. The van der Waals surface area contributed by atoms with E-state index in [4.69, 9.17) is 9.72 Å². The third kappa shape index (κ3) is 2.97. The molecular weight excluding hydrogens is 280 g/mol. The van der Waals surface area contributed by atoms with Gasteiger partial charge in [0.1, 0.15) is 17.4 Å². The summed E-state index contributed by atoms with van der Waals surface area (Å²) in [6, 6.07) is 8.33. The Morgan fingerprint density at radius 3 is 3.00 bits per heavy atom. The SMILES string of the molecule is CCCc1nc(C2COc3ccccc32)sc1CNCC. The maximum Gasteiger partial charge on any atom is 0.123 e. The minimum Gasteiger partial charge on any atom is -0.492 e. The summed E-state index contributed by atoms with van der Waals surface area (Å²) in [5, 5.41) is 4.63. The number of aromatic nitrogens is 1. The molecule has 1 aliphatic rings. The van der Waals surface area contributed by atoms with Gasteiger partial charge in [0.05, 0.1) is 11.6 Å². The van der Waals surface area contributed by atoms with E-state index in [1.807, 2.05) is 17.4 Å². The first-order chi connectivity index (χ1) is 10.3. The van der Waals surface area contributed by atoms with Gasteiger partial charge >= 0.3 is 0 Å². The lowest BCUT2D eigenvalue weighted by atomic mass is 10.0. The fourth-order valence-electron chi connectivity index (χ4n) is 2.73. The summed E-state index contributed by atoms with van der Waals surface area (Å²) in [5.74, 6) is 1.32. The molecule has 0 saturated heterocycles. The number of thiazole rings is 1. The molecule has 112 valence electrons. The molecule has 3 rings (SSSR count). The monoisotopic (exact) mass is 302 g/mol. The Morgan fingerprint density at radius 2 is 2.19 bits per heavy atom. The quantitative estimate of drug-likeness (QED) is 0.883. The van der Waals surface area contributed by atoms with Gasteiger partial charge in [0, 0.05) is 17.0 Å². The summed E-state index contributed by atoms with van der Waals surface area (Å²) in [4.78, 5) is 6.32. The molecule has 1 atom stereocenters. The zero-order chi connectivity index (χ0) is 14.7. The molecule has 4 heteroatoms. The molecule has 0 fully saturated rings. The predicted molar refractivity (Wildman–Crippen MR) is 87.3 cm³/mol. The van der Waals surface area contributed by atoms with E-state index in [9.17, 15) is 0 Å². The maximum atomic E-state index is 5.81. The number of para-hydroxylation sites is 1. The van der Waals surface area contributed by atoms with E-state index >= 15 is 0 Å². The Morgan fingerprint density at radius 1 is 1.33 bits per heavy atom. The van der Waals surface area contributed by atoms with Crippen molar-refractivity contribution < 1.29 is 4.74 Å². The Bertz CT molecular complexity index is 609. The standard InChI is InChI=1S/C17H22N2OS/c1-3-7-14-16(10-18-4-2)21-17(19-14)13-11-20-15-9-6-5-8-12(13)15/h5-6,8-9,13,18H,3-4,7,10-11H2,1-2H3. The number of hydrogen-bond donors (Lipinski definition) is 1. The van der Waals surface area contributed by atoms with Crippen LogP contribution in [0, 0.1) is 0 Å². The van der Waals surface area contributed by atoms with E-state index in [-0.39, 0.29) is 0 Å². The second-order valence-electron chi connectivity index (χ2n) is 5.35. The zero-order valence-corrected chi connectivity index (χ0v) is 13.5. The molecule has 1 aromatic carbocycles.